The number of benzene rings is 6. The van der Waals surface area contributed by atoms with E-state index in [-0.39, 0.29) is 0 Å². The Kier molecular flexibility index (Phi) is 22.4. The van der Waals surface area contributed by atoms with Crippen LogP contribution in [0.1, 0.15) is 130 Å². The predicted molar refractivity (Wildman–Crippen MR) is 426 cm³/mol. The number of hydrogen-bond acceptors (Lipinski definition) is 4. The van der Waals surface area contributed by atoms with Crippen molar-refractivity contribution in [3.05, 3.63) is 309 Å². The lowest BCUT2D eigenvalue weighted by Gasteiger charge is -2.18. The Balaban J connectivity index is 0.000000141. The van der Waals surface area contributed by atoms with Gasteiger partial charge in [0.05, 0.1) is 69.8 Å². The van der Waals surface area contributed by atoms with Gasteiger partial charge in [-0.25, -0.2) is 0 Å². The van der Waals surface area contributed by atoms with Gasteiger partial charge in [-0.2, -0.15) is 0 Å². The second-order valence-corrected chi connectivity index (χ2v) is 28.8. The van der Waals surface area contributed by atoms with Crippen LogP contribution < -0.4 is 18.7 Å². The van der Waals surface area contributed by atoms with Gasteiger partial charge < -0.3 is 0 Å². The first-order valence-corrected chi connectivity index (χ1v) is 36.3. The molecule has 0 amide bonds. The Labute approximate surface area is 617 Å². The van der Waals surface area contributed by atoms with Crippen molar-refractivity contribution in [2.75, 3.05) is 0 Å². The fourth-order valence-electron chi connectivity index (χ4n) is 15.3. The van der Waals surface area contributed by atoms with Crippen LogP contribution >= 0.6 is 0 Å². The van der Waals surface area contributed by atoms with Crippen LogP contribution in [0.5, 0.6) is 0 Å². The molecule has 0 fully saturated rings. The second kappa shape index (κ2) is 31.6. The molecule has 12 heteroatoms. The molecule has 6 aromatic carbocycles. The van der Waals surface area contributed by atoms with Crippen LogP contribution in [0.15, 0.2) is 219 Å². The number of hydrogen-bond donors (Lipinski definition) is 0. The zero-order valence-electron chi connectivity index (χ0n) is 65.3. The van der Waals surface area contributed by atoms with E-state index in [1.165, 1.54) is 117 Å². The zero-order chi connectivity index (χ0) is 74.5. The summed E-state index contributed by atoms with van der Waals surface area (Å²) in [7, 11) is 8.34. The summed E-state index contributed by atoms with van der Waals surface area (Å²) < 4.78 is 17.4. The van der Waals surface area contributed by atoms with Crippen molar-refractivity contribution in [3.63, 3.8) is 0 Å². The van der Waals surface area contributed by atoms with Crippen molar-refractivity contribution in [1.29, 1.82) is 0 Å². The molecule has 0 atom stereocenters. The maximum absolute atomic E-state index is 4.73. The van der Waals surface area contributed by atoms with E-state index in [1.54, 1.807) is 0 Å². The van der Waals surface area contributed by atoms with E-state index in [2.05, 4.69) is 393 Å². The first-order valence-electron chi connectivity index (χ1n) is 36.3. The summed E-state index contributed by atoms with van der Waals surface area (Å²) in [4.78, 5) is 18.7. The molecule has 0 aliphatic heterocycles. The molecule has 0 saturated carbocycles. The lowest BCUT2D eigenvalue weighted by molar-refractivity contribution is -0.744. The zero-order valence-corrected chi connectivity index (χ0v) is 65.3. The molecule has 12 nitrogen and oxygen atoms in total. The van der Waals surface area contributed by atoms with E-state index in [9.17, 15) is 0 Å². The fourth-order valence-corrected chi connectivity index (χ4v) is 15.3. The number of aryl methyl sites for hydroxylation is 18. The minimum atomic E-state index is 0.483. The van der Waals surface area contributed by atoms with E-state index < -0.39 is 0 Å². The third kappa shape index (κ3) is 15.9. The molecule has 14 aromatic rings. The Hall–Kier alpha value is -11.2. The van der Waals surface area contributed by atoms with Crippen molar-refractivity contribution in [1.82, 2.24) is 38.7 Å². The predicted octanol–water partition coefficient (Wildman–Crippen LogP) is 19.4. The van der Waals surface area contributed by atoms with Gasteiger partial charge in [0.25, 0.3) is 0 Å². The normalized spacial score (nSPS) is 11.2. The summed E-state index contributed by atoms with van der Waals surface area (Å²) in [6.45, 7) is 38.6. The lowest BCUT2D eigenvalue weighted by Crippen LogP contribution is -2.37. The second-order valence-electron chi connectivity index (χ2n) is 28.8. The van der Waals surface area contributed by atoms with Crippen LogP contribution in [-0.2, 0) is 28.2 Å². The topological polar surface area (TPSA) is 86.8 Å². The Morgan fingerprint density at radius 1 is 0.260 bits per heavy atom. The maximum atomic E-state index is 4.73. The highest BCUT2D eigenvalue weighted by atomic mass is 15.4. The van der Waals surface area contributed by atoms with Gasteiger partial charge in [-0.05, 0) is 216 Å². The third-order valence-electron chi connectivity index (χ3n) is 19.6. The summed E-state index contributed by atoms with van der Waals surface area (Å²) in [6, 6.07) is 60.1. The van der Waals surface area contributed by atoms with Crippen LogP contribution in [0.3, 0.4) is 0 Å². The molecule has 0 saturated heterocycles. The van der Waals surface area contributed by atoms with E-state index in [4.69, 9.17) is 9.97 Å². The van der Waals surface area contributed by atoms with Gasteiger partial charge in [-0.3, -0.25) is 19.9 Å². The van der Waals surface area contributed by atoms with Crippen molar-refractivity contribution >= 4 is 0 Å². The minimum Gasteiger partial charge on any atom is -0.256 e. The molecule has 0 radical (unpaired) electrons. The van der Waals surface area contributed by atoms with Gasteiger partial charge in [0, 0.05) is 28.3 Å². The van der Waals surface area contributed by atoms with E-state index in [0.29, 0.717) is 11.8 Å². The van der Waals surface area contributed by atoms with Crippen LogP contribution in [0.4, 0.5) is 0 Å². The molecule has 0 N–H and O–H groups in total. The summed E-state index contributed by atoms with van der Waals surface area (Å²) in [5, 5.41) is 0. The summed E-state index contributed by atoms with van der Waals surface area (Å²) in [5.41, 5.74) is 38.4. The monoisotopic (exact) mass is 1380 g/mol. The molecular formula is C92H104N12+4. The van der Waals surface area contributed by atoms with Crippen LogP contribution in [0.2, 0.25) is 0 Å². The van der Waals surface area contributed by atoms with Gasteiger partial charge in [-0.15, -0.1) is 37.5 Å². The minimum absolute atomic E-state index is 0.483. The van der Waals surface area contributed by atoms with Gasteiger partial charge in [-0.1, -0.05) is 173 Å². The van der Waals surface area contributed by atoms with Gasteiger partial charge in [0.15, 0.2) is 28.2 Å². The highest BCUT2D eigenvalue weighted by Gasteiger charge is 2.26. The van der Waals surface area contributed by atoms with Crippen LogP contribution in [-0.4, -0.2) is 38.7 Å². The standard InChI is InChI=1S/C30H28N3.C24H32N3.C20H24N3.C18H20N3/c1-21-18-22(2)31-23(3)30(21)33-20-26(19-32(33)4)29-27(24-12-7-5-8-13-24)16-11-17-28(29)25-14-9-6-10-15-25;1-15(2)21-10-9-11-22(16(3)4)23(21)20-13-26(8)27(14-20)24-17(5)12-18(6)25-19(24)7;1-13-8-7-9-14(2)19(13)18-11-22(6)23(12-18)20-15(3)10-16(4)21-17(20)5;1-13-10-14(2)19-15(3)18(13)21-12-17(11-20(21)4)16-8-6-5-7-9-16/h5-20H,1-4H3;9-16H,1-8H3;7-12H,1-6H3;5-12H,1-4H3/q4*+1. The van der Waals surface area contributed by atoms with Crippen molar-refractivity contribution in [2.24, 2.45) is 28.2 Å². The molecule has 0 aliphatic rings. The molecule has 528 valence electrons. The average Bonchev–Trinajstić information content (AvgIpc) is 1.71. The fraction of sp³-hybridized carbons (Fsp3) is 0.261. The highest BCUT2D eigenvalue weighted by Crippen LogP contribution is 2.41. The van der Waals surface area contributed by atoms with E-state index in [0.717, 1.165) is 62.6 Å². The van der Waals surface area contributed by atoms with E-state index >= 15 is 0 Å². The molecular weight excluding hydrogens is 1270 g/mol. The number of aromatic nitrogens is 12. The molecule has 0 spiro atoms. The van der Waals surface area contributed by atoms with Crippen LogP contribution in [0.25, 0.3) is 89.5 Å². The van der Waals surface area contributed by atoms with Gasteiger partial charge in [0.2, 0.25) is 24.8 Å². The number of rotatable bonds is 12. The van der Waals surface area contributed by atoms with Crippen molar-refractivity contribution < 1.29 is 18.7 Å². The summed E-state index contributed by atoms with van der Waals surface area (Å²) in [5.74, 6) is 0.966. The Morgan fingerprint density at radius 3 is 0.846 bits per heavy atom. The smallest absolute Gasteiger partial charge is 0.203 e. The maximum Gasteiger partial charge on any atom is 0.203 e. The number of pyridine rings is 4. The molecule has 0 aliphatic carbocycles. The molecule has 8 aromatic heterocycles. The van der Waals surface area contributed by atoms with Crippen molar-refractivity contribution in [2.45, 2.75) is 136 Å². The van der Waals surface area contributed by atoms with E-state index in [1.807, 2.05) is 26.8 Å². The third-order valence-corrected chi connectivity index (χ3v) is 19.6. The lowest BCUT2D eigenvalue weighted by atomic mass is 9.86. The first kappa shape index (κ1) is 74.0. The summed E-state index contributed by atoms with van der Waals surface area (Å²) >= 11 is 0. The molecule has 0 bridgehead atoms. The SMILES string of the molecule is Cc1cc(C)c(-n2cc(-c3c(-c4ccccc4)cccc3-c3ccccc3)c[n+]2C)c(C)n1.Cc1cc(C)c(-n2cc(-c3c(C(C)C)cccc3C(C)C)c[n+]2C)c(C)n1.Cc1cc(C)c(-n2cc(-c3c(C)cccc3C)c[n+]2C)c(C)n1.Cc1cc(C)c(-n2cc(-c3ccccc3)c[n+]2C)c(C)n1. The van der Waals surface area contributed by atoms with Gasteiger partial charge >= 0.3 is 0 Å². The molecule has 0 unspecified atom stereocenters. The number of nitrogens with zero attached hydrogens (tertiary/aromatic N) is 12. The van der Waals surface area contributed by atoms with Gasteiger partial charge in [0.1, 0.15) is 22.7 Å². The largest absolute Gasteiger partial charge is 0.256 e. The molecule has 8 heterocycles. The first-order chi connectivity index (χ1) is 49.7. The quantitative estimate of drug-likeness (QED) is 0.114. The average molecular weight is 1380 g/mol. The molecule has 14 rings (SSSR count). The van der Waals surface area contributed by atoms with Crippen LogP contribution in [0, 0.1) is 96.9 Å². The highest BCUT2D eigenvalue weighted by molar-refractivity contribution is 5.94. The Bertz CT molecular complexity index is 5210. The Morgan fingerprint density at radius 2 is 0.529 bits per heavy atom. The van der Waals surface area contributed by atoms with Crippen molar-refractivity contribution in [3.8, 4) is 89.5 Å². The molecule has 104 heavy (non-hydrogen) atoms. The summed E-state index contributed by atoms with van der Waals surface area (Å²) in [6.07, 6.45) is 17.7.